The van der Waals surface area contributed by atoms with E-state index in [0.717, 1.165) is 40.2 Å². The van der Waals surface area contributed by atoms with Gasteiger partial charge in [-0.2, -0.15) is 0 Å². The standard InChI is InChI=1S/C29H32O4.C22H26O4/c1-30-27-15-12-25(13-16-27)19-31-21-26-14-17-29(33-20-24-10-6-3-7-11-24)28(26)22-32-18-23-8-4-2-5-9-23;1-24-20-10-7-18(8-11-20)14-25-15-19-9-12-22(23)21(19)16-26-13-17-5-3-2-4-6-17/h2-16,28-29H,17-22H2,1H3;2-11,21-23H,12-16H2,1H3/t28-,29?;21-,22-/m00/s1. The summed E-state index contributed by atoms with van der Waals surface area (Å²) in [4.78, 5) is 0. The van der Waals surface area contributed by atoms with Crippen LogP contribution < -0.4 is 9.47 Å². The monoisotopic (exact) mass is 798 g/mol. The van der Waals surface area contributed by atoms with Gasteiger partial charge in [0.05, 0.1) is 85.9 Å². The lowest BCUT2D eigenvalue weighted by molar-refractivity contribution is -0.0174. The molecule has 0 radical (unpaired) electrons. The molecule has 8 heteroatoms. The molecule has 2 aliphatic carbocycles. The normalized spacial score (nSPS) is 18.4. The van der Waals surface area contributed by atoms with Crippen molar-refractivity contribution in [3.8, 4) is 11.5 Å². The fraction of sp³-hybridized carbons (Fsp3) is 0.333. The molecule has 5 aromatic carbocycles. The van der Waals surface area contributed by atoms with Crippen molar-refractivity contribution in [2.24, 2.45) is 11.8 Å². The molecule has 0 bridgehead atoms. The average molecular weight is 799 g/mol. The Morgan fingerprint density at radius 1 is 0.424 bits per heavy atom. The van der Waals surface area contributed by atoms with Crippen LogP contribution in [0.3, 0.4) is 0 Å². The molecule has 1 unspecified atom stereocenters. The molecular weight excluding hydrogens is 741 g/mol. The third-order valence-electron chi connectivity index (χ3n) is 10.6. The Morgan fingerprint density at radius 3 is 1.29 bits per heavy atom. The van der Waals surface area contributed by atoms with Crippen molar-refractivity contribution in [3.63, 3.8) is 0 Å². The van der Waals surface area contributed by atoms with Crippen LogP contribution in [0.4, 0.5) is 0 Å². The molecule has 0 heterocycles. The molecule has 0 spiro atoms. The predicted octanol–water partition coefficient (Wildman–Crippen LogP) is 9.70. The zero-order chi connectivity index (χ0) is 40.9. The molecule has 0 aromatic heterocycles. The van der Waals surface area contributed by atoms with E-state index in [-0.39, 0.29) is 24.0 Å². The molecule has 7 rings (SSSR count). The molecule has 0 amide bonds. The maximum atomic E-state index is 10.2. The maximum Gasteiger partial charge on any atom is 0.118 e. The molecule has 0 fully saturated rings. The minimum absolute atomic E-state index is 0.00887. The number of hydrogen-bond acceptors (Lipinski definition) is 8. The zero-order valence-electron chi connectivity index (χ0n) is 34.3. The summed E-state index contributed by atoms with van der Waals surface area (Å²) in [6, 6.07) is 46.5. The quantitative estimate of drug-likeness (QED) is 0.0736. The van der Waals surface area contributed by atoms with Crippen LogP contribution in [0, 0.1) is 11.8 Å². The van der Waals surface area contributed by atoms with Gasteiger partial charge in [-0.3, -0.25) is 0 Å². The fourth-order valence-corrected chi connectivity index (χ4v) is 7.16. The van der Waals surface area contributed by atoms with Crippen molar-refractivity contribution in [1.82, 2.24) is 0 Å². The van der Waals surface area contributed by atoms with E-state index >= 15 is 0 Å². The second-order valence-corrected chi connectivity index (χ2v) is 14.8. The van der Waals surface area contributed by atoms with Crippen LogP contribution in [0.5, 0.6) is 11.5 Å². The molecule has 4 atom stereocenters. The van der Waals surface area contributed by atoms with Crippen LogP contribution in [-0.4, -0.2) is 58.0 Å². The molecule has 5 aromatic rings. The Labute approximate surface area is 350 Å². The van der Waals surface area contributed by atoms with E-state index in [1.54, 1.807) is 14.2 Å². The Balaban J connectivity index is 0.000000204. The van der Waals surface area contributed by atoms with E-state index in [1.165, 1.54) is 16.7 Å². The van der Waals surface area contributed by atoms with Crippen molar-refractivity contribution in [2.45, 2.75) is 58.1 Å². The van der Waals surface area contributed by atoms with Gasteiger partial charge >= 0.3 is 0 Å². The van der Waals surface area contributed by atoms with Gasteiger partial charge in [-0.1, -0.05) is 127 Å². The summed E-state index contributed by atoms with van der Waals surface area (Å²) in [5.74, 6) is 1.89. The summed E-state index contributed by atoms with van der Waals surface area (Å²) in [6.45, 7) is 5.09. The zero-order valence-corrected chi connectivity index (χ0v) is 34.3. The third kappa shape index (κ3) is 14.3. The average Bonchev–Trinajstić information content (AvgIpc) is 3.85. The van der Waals surface area contributed by atoms with Crippen molar-refractivity contribution in [2.75, 3.05) is 40.6 Å². The van der Waals surface area contributed by atoms with Crippen molar-refractivity contribution >= 4 is 0 Å². The first-order valence-electron chi connectivity index (χ1n) is 20.4. The van der Waals surface area contributed by atoms with E-state index < -0.39 is 0 Å². The van der Waals surface area contributed by atoms with Crippen LogP contribution in [0.25, 0.3) is 0 Å². The number of rotatable bonds is 21. The first kappa shape index (κ1) is 43.5. The SMILES string of the molecule is COc1ccc(COCC2=CCC(OCc3ccccc3)[C@H]2COCc2ccccc2)cc1.COc1ccc(COCC2=CC[C@H](O)[C@H]2COCc2ccccc2)cc1. The van der Waals surface area contributed by atoms with E-state index in [1.807, 2.05) is 115 Å². The summed E-state index contributed by atoms with van der Waals surface area (Å²) in [5.41, 5.74) is 8.11. The third-order valence-corrected chi connectivity index (χ3v) is 10.6. The van der Waals surface area contributed by atoms with Crippen molar-refractivity contribution < 1.29 is 38.3 Å². The van der Waals surface area contributed by atoms with Gasteiger partial charge in [-0.15, -0.1) is 0 Å². The van der Waals surface area contributed by atoms with Crippen molar-refractivity contribution in [3.05, 3.63) is 191 Å². The van der Waals surface area contributed by atoms with Gasteiger partial charge in [-0.05, 0) is 76.1 Å². The van der Waals surface area contributed by atoms with Crippen LogP contribution >= 0.6 is 0 Å². The number of benzene rings is 5. The predicted molar refractivity (Wildman–Crippen MR) is 231 cm³/mol. The lowest BCUT2D eigenvalue weighted by atomic mass is 10.0. The second-order valence-electron chi connectivity index (χ2n) is 14.8. The highest BCUT2D eigenvalue weighted by atomic mass is 16.5. The summed E-state index contributed by atoms with van der Waals surface area (Å²) in [6.07, 6.45) is 5.61. The van der Waals surface area contributed by atoms with E-state index in [9.17, 15) is 5.11 Å². The Hall–Kier alpha value is -5.06. The van der Waals surface area contributed by atoms with E-state index in [0.29, 0.717) is 65.9 Å². The first-order valence-corrected chi connectivity index (χ1v) is 20.4. The largest absolute Gasteiger partial charge is 0.497 e. The number of aliphatic hydroxyl groups is 1. The molecule has 59 heavy (non-hydrogen) atoms. The molecule has 2 aliphatic rings. The highest BCUT2D eigenvalue weighted by molar-refractivity contribution is 5.28. The Morgan fingerprint density at radius 2 is 0.814 bits per heavy atom. The molecular formula is C51H58O8. The summed E-state index contributed by atoms with van der Waals surface area (Å²) < 4.78 is 40.6. The first-order chi connectivity index (χ1) is 29.1. The topological polar surface area (TPSA) is 84.8 Å². The minimum atomic E-state index is -0.384. The minimum Gasteiger partial charge on any atom is -0.497 e. The number of ether oxygens (including phenoxy) is 7. The molecule has 0 aliphatic heterocycles. The van der Waals surface area contributed by atoms with Crippen LogP contribution in [0.1, 0.15) is 40.7 Å². The molecule has 0 saturated heterocycles. The second kappa shape index (κ2) is 24.1. The van der Waals surface area contributed by atoms with E-state index in [4.69, 9.17) is 33.2 Å². The number of hydrogen-bond donors (Lipinski definition) is 1. The van der Waals surface area contributed by atoms with Gasteiger partial charge in [0.1, 0.15) is 11.5 Å². The Kier molecular flexibility index (Phi) is 17.8. The summed E-state index contributed by atoms with van der Waals surface area (Å²) in [7, 11) is 3.33. The number of methoxy groups -OCH3 is 2. The van der Waals surface area contributed by atoms with Crippen LogP contribution in [-0.2, 0) is 56.7 Å². The van der Waals surface area contributed by atoms with Gasteiger partial charge in [0.15, 0.2) is 0 Å². The van der Waals surface area contributed by atoms with Crippen LogP contribution in [0.15, 0.2) is 163 Å². The van der Waals surface area contributed by atoms with E-state index in [2.05, 4.69) is 36.4 Å². The summed E-state index contributed by atoms with van der Waals surface area (Å²) in [5, 5.41) is 10.2. The smallest absolute Gasteiger partial charge is 0.118 e. The molecule has 0 saturated carbocycles. The van der Waals surface area contributed by atoms with Crippen molar-refractivity contribution in [1.29, 1.82) is 0 Å². The lowest BCUT2D eigenvalue weighted by Gasteiger charge is -2.24. The van der Waals surface area contributed by atoms with Gasteiger partial charge in [0.2, 0.25) is 0 Å². The summed E-state index contributed by atoms with van der Waals surface area (Å²) >= 11 is 0. The Bertz CT molecular complexity index is 1960. The lowest BCUT2D eigenvalue weighted by Crippen LogP contribution is -2.26. The van der Waals surface area contributed by atoms with Gasteiger partial charge in [0, 0.05) is 11.8 Å². The molecule has 8 nitrogen and oxygen atoms in total. The molecule has 1 N–H and O–H groups in total. The van der Waals surface area contributed by atoms with Gasteiger partial charge in [-0.25, -0.2) is 0 Å². The molecule has 310 valence electrons. The van der Waals surface area contributed by atoms with Crippen LogP contribution in [0.2, 0.25) is 0 Å². The number of aliphatic hydroxyl groups excluding tert-OH is 1. The highest BCUT2D eigenvalue weighted by Gasteiger charge is 2.31. The fourth-order valence-electron chi connectivity index (χ4n) is 7.16. The van der Waals surface area contributed by atoms with Gasteiger partial charge < -0.3 is 38.3 Å². The maximum absolute atomic E-state index is 10.2. The van der Waals surface area contributed by atoms with Gasteiger partial charge in [0.25, 0.3) is 0 Å². The highest BCUT2D eigenvalue weighted by Crippen LogP contribution is 2.31.